The number of hydrogen-bond donors (Lipinski definition) is 2. The van der Waals surface area contributed by atoms with Crippen LogP contribution >= 0.6 is 0 Å². The number of nitrogens with one attached hydrogen (secondary N) is 1. The fraction of sp³-hybridized carbons (Fsp3) is 0.500. The highest BCUT2D eigenvalue weighted by molar-refractivity contribution is 5.79. The number of alkyl carbamates (subject to hydrolysis) is 1. The molecule has 1 amide bonds. The molecule has 0 aliphatic rings. The van der Waals surface area contributed by atoms with Crippen molar-refractivity contribution >= 4 is 12.1 Å². The molecular formula is C10H14N2O4. The number of ether oxygens (including phenoxy) is 1. The number of carboxylic acid groups (broad SMARTS) is 1. The topological polar surface area (TPSA) is 99.4 Å². The molecule has 6 heteroatoms. The normalized spacial score (nSPS) is 10.9. The van der Waals surface area contributed by atoms with Gasteiger partial charge in [0, 0.05) is 6.42 Å². The summed E-state index contributed by atoms with van der Waals surface area (Å²) in [6.45, 7) is 3.37. The number of carbonyl (C=O) groups excluding carboxylic acids is 1. The Bertz CT molecular complexity index is 296. The molecule has 2 N–H and O–H groups in total. The van der Waals surface area contributed by atoms with Crippen LogP contribution in [0, 0.1) is 11.3 Å². The van der Waals surface area contributed by atoms with Gasteiger partial charge < -0.3 is 15.2 Å². The summed E-state index contributed by atoms with van der Waals surface area (Å²) in [4.78, 5) is 21.8. The van der Waals surface area contributed by atoms with Gasteiger partial charge in [0.2, 0.25) is 0 Å². The molecule has 6 nitrogen and oxygen atoms in total. The Balaban J connectivity index is 4.02. The summed E-state index contributed by atoms with van der Waals surface area (Å²) in [6.07, 6.45) is 1.45. The number of amides is 1. The first-order chi connectivity index (χ1) is 7.61. The van der Waals surface area contributed by atoms with Gasteiger partial charge in [-0.05, 0) is 12.8 Å². The second-order valence-corrected chi connectivity index (χ2v) is 2.97. The van der Waals surface area contributed by atoms with Crippen molar-refractivity contribution in [3.05, 3.63) is 12.7 Å². The Morgan fingerprint density at radius 2 is 2.31 bits per heavy atom. The number of aliphatic carboxylic acids is 1. The van der Waals surface area contributed by atoms with Crippen LogP contribution in [0.3, 0.4) is 0 Å². The number of nitriles is 1. The minimum atomic E-state index is -1.14. The van der Waals surface area contributed by atoms with Gasteiger partial charge in [0.15, 0.2) is 0 Å². The average molecular weight is 226 g/mol. The predicted molar refractivity (Wildman–Crippen MR) is 55.6 cm³/mol. The van der Waals surface area contributed by atoms with E-state index in [0.717, 1.165) is 0 Å². The first kappa shape index (κ1) is 14.0. The van der Waals surface area contributed by atoms with Gasteiger partial charge in [0.1, 0.15) is 12.6 Å². The van der Waals surface area contributed by atoms with Crippen molar-refractivity contribution in [3.8, 4) is 6.07 Å². The van der Waals surface area contributed by atoms with Crippen molar-refractivity contribution < 1.29 is 19.4 Å². The third kappa shape index (κ3) is 6.43. The number of rotatable bonds is 7. The van der Waals surface area contributed by atoms with Crippen molar-refractivity contribution in [2.75, 3.05) is 6.61 Å². The van der Waals surface area contributed by atoms with Crippen LogP contribution in [0.15, 0.2) is 12.7 Å². The summed E-state index contributed by atoms with van der Waals surface area (Å²) in [5.41, 5.74) is 0. The molecule has 0 spiro atoms. The molecule has 0 aromatic rings. The Morgan fingerprint density at radius 3 is 2.81 bits per heavy atom. The lowest BCUT2D eigenvalue weighted by Gasteiger charge is -2.13. The molecule has 1 unspecified atom stereocenters. The van der Waals surface area contributed by atoms with Crippen molar-refractivity contribution in [1.29, 1.82) is 5.26 Å². The molecule has 88 valence electrons. The van der Waals surface area contributed by atoms with E-state index in [-0.39, 0.29) is 19.4 Å². The van der Waals surface area contributed by atoms with Gasteiger partial charge in [-0.15, -0.1) is 0 Å². The molecule has 0 rings (SSSR count). The minimum Gasteiger partial charge on any atom is -0.480 e. The second kappa shape index (κ2) is 8.29. The van der Waals surface area contributed by atoms with E-state index in [9.17, 15) is 9.59 Å². The van der Waals surface area contributed by atoms with Crippen LogP contribution in [-0.2, 0) is 9.53 Å². The highest BCUT2D eigenvalue weighted by atomic mass is 16.5. The average Bonchev–Trinajstić information content (AvgIpc) is 2.25. The number of unbranched alkanes of at least 4 members (excludes halogenated alkanes) is 1. The Kier molecular flexibility index (Phi) is 7.24. The number of hydrogen-bond acceptors (Lipinski definition) is 4. The smallest absolute Gasteiger partial charge is 0.408 e. The number of carboxylic acids is 1. The van der Waals surface area contributed by atoms with Gasteiger partial charge in [0.25, 0.3) is 0 Å². The van der Waals surface area contributed by atoms with Gasteiger partial charge in [-0.3, -0.25) is 0 Å². The van der Waals surface area contributed by atoms with Crippen LogP contribution in [0.1, 0.15) is 19.3 Å². The van der Waals surface area contributed by atoms with E-state index < -0.39 is 18.1 Å². The lowest BCUT2D eigenvalue weighted by molar-refractivity contribution is -0.139. The van der Waals surface area contributed by atoms with Crippen LogP contribution in [0.2, 0.25) is 0 Å². The predicted octanol–water partition coefficient (Wildman–Crippen LogP) is 1.05. The molecule has 0 bridgehead atoms. The third-order valence-corrected chi connectivity index (χ3v) is 1.70. The standard InChI is InChI=1S/C10H14N2O4/c1-2-7-16-10(15)12-8(9(13)14)5-3-4-6-11/h2,8H,1,3-5,7H2,(H,12,15)(H,13,14). The van der Waals surface area contributed by atoms with E-state index in [1.807, 2.05) is 6.07 Å². The van der Waals surface area contributed by atoms with Gasteiger partial charge in [-0.2, -0.15) is 5.26 Å². The van der Waals surface area contributed by atoms with Crippen molar-refractivity contribution in [3.63, 3.8) is 0 Å². The fourth-order valence-electron chi connectivity index (χ4n) is 0.961. The maximum absolute atomic E-state index is 11.0. The van der Waals surface area contributed by atoms with Crippen molar-refractivity contribution in [2.45, 2.75) is 25.3 Å². The molecule has 16 heavy (non-hydrogen) atoms. The van der Waals surface area contributed by atoms with Crippen molar-refractivity contribution in [2.24, 2.45) is 0 Å². The minimum absolute atomic E-state index is 0.0242. The largest absolute Gasteiger partial charge is 0.480 e. The molecular weight excluding hydrogens is 212 g/mol. The monoisotopic (exact) mass is 226 g/mol. The number of nitrogens with zero attached hydrogens (tertiary/aromatic N) is 1. The SMILES string of the molecule is C=CCOC(=O)NC(CCCC#N)C(=O)O. The molecule has 0 aliphatic heterocycles. The van der Waals surface area contributed by atoms with Gasteiger partial charge in [0.05, 0.1) is 6.07 Å². The van der Waals surface area contributed by atoms with E-state index >= 15 is 0 Å². The maximum Gasteiger partial charge on any atom is 0.408 e. The van der Waals surface area contributed by atoms with Crippen LogP contribution in [-0.4, -0.2) is 29.8 Å². The van der Waals surface area contributed by atoms with E-state index in [2.05, 4.69) is 16.6 Å². The molecule has 0 saturated heterocycles. The Morgan fingerprint density at radius 1 is 1.62 bits per heavy atom. The Hall–Kier alpha value is -2.03. The summed E-state index contributed by atoms with van der Waals surface area (Å²) >= 11 is 0. The zero-order valence-corrected chi connectivity index (χ0v) is 8.81. The molecule has 0 radical (unpaired) electrons. The molecule has 0 heterocycles. The van der Waals surface area contributed by atoms with E-state index in [1.165, 1.54) is 6.08 Å². The summed E-state index contributed by atoms with van der Waals surface area (Å²) in [7, 11) is 0. The fourth-order valence-corrected chi connectivity index (χ4v) is 0.961. The van der Waals surface area contributed by atoms with E-state index in [0.29, 0.717) is 6.42 Å². The van der Waals surface area contributed by atoms with Gasteiger partial charge in [-0.25, -0.2) is 9.59 Å². The lowest BCUT2D eigenvalue weighted by Crippen LogP contribution is -2.41. The number of carbonyl (C=O) groups is 2. The third-order valence-electron chi connectivity index (χ3n) is 1.70. The van der Waals surface area contributed by atoms with Gasteiger partial charge >= 0.3 is 12.1 Å². The zero-order chi connectivity index (χ0) is 12.4. The summed E-state index contributed by atoms with van der Waals surface area (Å²) in [5.74, 6) is -1.14. The lowest BCUT2D eigenvalue weighted by atomic mass is 10.1. The summed E-state index contributed by atoms with van der Waals surface area (Å²) in [5, 5.41) is 19.3. The molecule has 0 fully saturated rings. The quantitative estimate of drug-likeness (QED) is 0.499. The first-order valence-electron chi connectivity index (χ1n) is 4.75. The molecule has 0 aromatic heterocycles. The van der Waals surface area contributed by atoms with Crippen LogP contribution in [0.4, 0.5) is 4.79 Å². The Labute approximate surface area is 93.5 Å². The second-order valence-electron chi connectivity index (χ2n) is 2.97. The molecule has 0 saturated carbocycles. The van der Waals surface area contributed by atoms with Crippen LogP contribution in [0.5, 0.6) is 0 Å². The van der Waals surface area contributed by atoms with Crippen LogP contribution in [0.25, 0.3) is 0 Å². The summed E-state index contributed by atoms with van der Waals surface area (Å²) < 4.78 is 4.58. The van der Waals surface area contributed by atoms with E-state index in [1.54, 1.807) is 0 Å². The maximum atomic E-state index is 11.0. The first-order valence-corrected chi connectivity index (χ1v) is 4.75. The van der Waals surface area contributed by atoms with Crippen molar-refractivity contribution in [1.82, 2.24) is 5.32 Å². The summed E-state index contributed by atoms with van der Waals surface area (Å²) in [6, 6.07) is 0.877. The molecule has 0 aromatic carbocycles. The highest BCUT2D eigenvalue weighted by Crippen LogP contribution is 2.01. The van der Waals surface area contributed by atoms with E-state index in [4.69, 9.17) is 10.4 Å². The zero-order valence-electron chi connectivity index (χ0n) is 8.81. The molecule has 0 aliphatic carbocycles. The molecule has 1 atom stereocenters. The highest BCUT2D eigenvalue weighted by Gasteiger charge is 2.19. The van der Waals surface area contributed by atoms with Crippen LogP contribution < -0.4 is 5.32 Å². The van der Waals surface area contributed by atoms with Gasteiger partial charge in [-0.1, -0.05) is 12.7 Å².